The molecule has 6 heteroatoms. The number of carbonyl (C=O) groups excluding carboxylic acids is 1. The lowest BCUT2D eigenvalue weighted by atomic mass is 9.84. The third-order valence-electron chi connectivity index (χ3n) is 3.77. The average molecular weight is 281 g/mol. The molecule has 1 rings (SSSR count). The number of nitrogens with one attached hydrogen (secondary N) is 1. The van der Waals surface area contributed by atoms with Gasteiger partial charge >= 0.3 is 5.97 Å². The van der Waals surface area contributed by atoms with E-state index in [1.54, 1.807) is 0 Å². The van der Waals surface area contributed by atoms with Crippen LogP contribution in [0.25, 0.3) is 0 Å². The lowest BCUT2D eigenvalue weighted by Gasteiger charge is -2.35. The highest BCUT2D eigenvalue weighted by Crippen LogP contribution is 2.25. The number of nitrogens with zero attached hydrogens (tertiary/aromatic N) is 2. The van der Waals surface area contributed by atoms with Gasteiger partial charge in [0.25, 0.3) is 0 Å². The van der Waals surface area contributed by atoms with Crippen LogP contribution in [-0.2, 0) is 9.59 Å². The van der Waals surface area contributed by atoms with Gasteiger partial charge < -0.3 is 10.4 Å². The molecule has 0 aliphatic carbocycles. The third-order valence-corrected chi connectivity index (χ3v) is 3.77. The van der Waals surface area contributed by atoms with E-state index in [1.807, 2.05) is 13.0 Å². The number of carboxylic acids is 1. The van der Waals surface area contributed by atoms with Gasteiger partial charge in [-0.05, 0) is 31.2 Å². The largest absolute Gasteiger partial charge is 0.481 e. The van der Waals surface area contributed by atoms with Crippen LogP contribution in [0.5, 0.6) is 0 Å². The standard InChI is InChI=1S/C14H23N3O3/c1-11(8-14(19)20)12-4-2-7-17(9-12)10-13(18)16-6-3-5-15/h11-12H,2-4,6-10H2,1H3,(H,16,18)(H,19,20). The van der Waals surface area contributed by atoms with Crippen LogP contribution in [0.1, 0.15) is 32.6 Å². The topological polar surface area (TPSA) is 93.4 Å². The molecule has 0 aromatic carbocycles. The van der Waals surface area contributed by atoms with Crippen LogP contribution < -0.4 is 5.32 Å². The van der Waals surface area contributed by atoms with Gasteiger partial charge in [-0.15, -0.1) is 0 Å². The Labute approximate surface area is 119 Å². The first kappa shape index (κ1) is 16.4. The third kappa shape index (κ3) is 6.02. The fourth-order valence-electron chi connectivity index (χ4n) is 2.66. The molecule has 0 aromatic rings. The normalized spacial score (nSPS) is 20.9. The Morgan fingerprint density at radius 3 is 2.95 bits per heavy atom. The van der Waals surface area contributed by atoms with E-state index in [0.717, 1.165) is 25.9 Å². The van der Waals surface area contributed by atoms with Crippen molar-refractivity contribution in [3.05, 3.63) is 0 Å². The average Bonchev–Trinajstić information content (AvgIpc) is 2.38. The Morgan fingerprint density at radius 2 is 2.30 bits per heavy atom. The first-order valence-electron chi connectivity index (χ1n) is 7.10. The van der Waals surface area contributed by atoms with Gasteiger partial charge in [0.15, 0.2) is 0 Å². The molecule has 20 heavy (non-hydrogen) atoms. The van der Waals surface area contributed by atoms with Gasteiger partial charge in [0.05, 0.1) is 19.0 Å². The molecule has 1 heterocycles. The molecule has 0 aromatic heterocycles. The van der Waals surface area contributed by atoms with Crippen LogP contribution in [0.3, 0.4) is 0 Å². The van der Waals surface area contributed by atoms with E-state index in [2.05, 4.69) is 10.2 Å². The number of nitriles is 1. The second-order valence-corrected chi connectivity index (χ2v) is 5.47. The lowest BCUT2D eigenvalue weighted by molar-refractivity contribution is -0.138. The minimum absolute atomic E-state index is 0.0632. The zero-order valence-electron chi connectivity index (χ0n) is 12.0. The highest BCUT2D eigenvalue weighted by Gasteiger charge is 2.26. The number of amides is 1. The summed E-state index contributed by atoms with van der Waals surface area (Å²) in [7, 11) is 0. The van der Waals surface area contributed by atoms with Crippen LogP contribution in [-0.4, -0.2) is 48.1 Å². The molecule has 0 saturated carbocycles. The Bertz CT molecular complexity index is 378. The zero-order chi connectivity index (χ0) is 15.0. The summed E-state index contributed by atoms with van der Waals surface area (Å²) in [5.74, 6) is -0.348. The monoisotopic (exact) mass is 281 g/mol. The van der Waals surface area contributed by atoms with Gasteiger partial charge in [-0.25, -0.2) is 0 Å². The van der Waals surface area contributed by atoms with Crippen molar-refractivity contribution in [2.75, 3.05) is 26.2 Å². The maximum atomic E-state index is 11.7. The number of hydrogen-bond acceptors (Lipinski definition) is 4. The fraction of sp³-hybridized carbons (Fsp3) is 0.786. The molecule has 0 radical (unpaired) electrons. The van der Waals surface area contributed by atoms with Gasteiger partial charge in [-0.3, -0.25) is 14.5 Å². The van der Waals surface area contributed by atoms with Crippen LogP contribution in [0.2, 0.25) is 0 Å². The van der Waals surface area contributed by atoms with Crippen molar-refractivity contribution in [3.63, 3.8) is 0 Å². The molecule has 1 fully saturated rings. The molecule has 2 N–H and O–H groups in total. The molecule has 2 unspecified atom stereocenters. The summed E-state index contributed by atoms with van der Waals surface area (Å²) in [6.07, 6.45) is 2.54. The molecule has 1 saturated heterocycles. The summed E-state index contributed by atoms with van der Waals surface area (Å²) >= 11 is 0. The maximum absolute atomic E-state index is 11.7. The molecule has 6 nitrogen and oxygen atoms in total. The lowest BCUT2D eigenvalue weighted by Crippen LogP contribution is -2.44. The SMILES string of the molecule is CC(CC(=O)O)C1CCCN(CC(=O)NCCC#N)C1. The van der Waals surface area contributed by atoms with Crippen molar-refractivity contribution in [1.82, 2.24) is 10.2 Å². The first-order chi connectivity index (χ1) is 9.52. The number of piperidine rings is 1. The number of hydrogen-bond donors (Lipinski definition) is 2. The molecule has 1 amide bonds. The molecule has 1 aliphatic heterocycles. The molecular formula is C14H23N3O3. The highest BCUT2D eigenvalue weighted by molar-refractivity contribution is 5.78. The van der Waals surface area contributed by atoms with Gasteiger partial charge in [0.1, 0.15) is 0 Å². The van der Waals surface area contributed by atoms with Crippen molar-refractivity contribution >= 4 is 11.9 Å². The van der Waals surface area contributed by atoms with E-state index in [4.69, 9.17) is 10.4 Å². The molecule has 112 valence electrons. The van der Waals surface area contributed by atoms with E-state index in [-0.39, 0.29) is 18.2 Å². The van der Waals surface area contributed by atoms with Crippen LogP contribution in [0, 0.1) is 23.2 Å². The Morgan fingerprint density at radius 1 is 1.55 bits per heavy atom. The van der Waals surface area contributed by atoms with Crippen molar-refractivity contribution in [2.24, 2.45) is 11.8 Å². The summed E-state index contributed by atoms with van der Waals surface area (Å²) in [5, 5.41) is 20.0. The van der Waals surface area contributed by atoms with Crippen LogP contribution in [0.15, 0.2) is 0 Å². The van der Waals surface area contributed by atoms with E-state index >= 15 is 0 Å². The second kappa shape index (κ2) is 8.54. The predicted octanol–water partition coefficient (Wildman–Crippen LogP) is 0.839. The quantitative estimate of drug-likeness (QED) is 0.674. The summed E-state index contributed by atoms with van der Waals surface area (Å²) < 4.78 is 0. The van der Waals surface area contributed by atoms with Gasteiger partial charge in [0, 0.05) is 19.5 Å². The Hall–Kier alpha value is -1.61. The fourth-order valence-corrected chi connectivity index (χ4v) is 2.66. The van der Waals surface area contributed by atoms with Crippen molar-refractivity contribution in [2.45, 2.75) is 32.6 Å². The summed E-state index contributed by atoms with van der Waals surface area (Å²) in [4.78, 5) is 24.5. The second-order valence-electron chi connectivity index (χ2n) is 5.47. The van der Waals surface area contributed by atoms with Crippen molar-refractivity contribution in [1.29, 1.82) is 5.26 Å². The van der Waals surface area contributed by atoms with Gasteiger partial charge in [0.2, 0.25) is 5.91 Å². The minimum Gasteiger partial charge on any atom is -0.481 e. The number of aliphatic carboxylic acids is 1. The molecule has 1 aliphatic rings. The molecular weight excluding hydrogens is 258 g/mol. The maximum Gasteiger partial charge on any atom is 0.303 e. The smallest absolute Gasteiger partial charge is 0.303 e. The van der Waals surface area contributed by atoms with E-state index < -0.39 is 5.97 Å². The molecule has 2 atom stereocenters. The summed E-state index contributed by atoms with van der Waals surface area (Å²) in [6, 6.07) is 1.98. The molecule has 0 bridgehead atoms. The predicted molar refractivity (Wildman–Crippen MR) is 73.8 cm³/mol. The van der Waals surface area contributed by atoms with Crippen molar-refractivity contribution < 1.29 is 14.7 Å². The minimum atomic E-state index is -0.760. The molecule has 0 spiro atoms. The van der Waals surface area contributed by atoms with E-state index in [0.29, 0.717) is 25.4 Å². The van der Waals surface area contributed by atoms with Gasteiger partial charge in [-0.2, -0.15) is 5.26 Å². The van der Waals surface area contributed by atoms with E-state index in [1.165, 1.54) is 0 Å². The first-order valence-corrected chi connectivity index (χ1v) is 7.10. The zero-order valence-corrected chi connectivity index (χ0v) is 12.0. The Kier molecular flexibility index (Phi) is 7.02. The van der Waals surface area contributed by atoms with Crippen LogP contribution in [0.4, 0.5) is 0 Å². The van der Waals surface area contributed by atoms with E-state index in [9.17, 15) is 9.59 Å². The number of rotatable bonds is 7. The Balaban J connectivity index is 2.35. The number of likely N-dealkylation sites (tertiary alicyclic amines) is 1. The summed E-state index contributed by atoms with van der Waals surface area (Å²) in [5.41, 5.74) is 0. The highest BCUT2D eigenvalue weighted by atomic mass is 16.4. The van der Waals surface area contributed by atoms with Gasteiger partial charge in [-0.1, -0.05) is 6.92 Å². The number of carboxylic acid groups (broad SMARTS) is 1. The van der Waals surface area contributed by atoms with Crippen molar-refractivity contribution in [3.8, 4) is 6.07 Å². The summed E-state index contributed by atoms with van der Waals surface area (Å²) in [6.45, 7) is 4.35. The van der Waals surface area contributed by atoms with Crippen LogP contribution >= 0.6 is 0 Å². The number of carbonyl (C=O) groups is 2.